The van der Waals surface area contributed by atoms with Gasteiger partial charge in [-0.3, -0.25) is 13.8 Å². The van der Waals surface area contributed by atoms with E-state index >= 15 is 0 Å². The normalized spacial score (nSPS) is 47.2. The van der Waals surface area contributed by atoms with E-state index in [9.17, 15) is 13.8 Å². The zero-order valence-corrected chi connectivity index (χ0v) is 14.3. The lowest BCUT2D eigenvalue weighted by Crippen LogP contribution is -2.51. The summed E-state index contributed by atoms with van der Waals surface area (Å²) in [7, 11) is -1.04. The Morgan fingerprint density at radius 3 is 1.58 bits per heavy atom. The fraction of sp³-hybridized carbons (Fsp3) is 0.556. The van der Waals surface area contributed by atoms with Crippen LogP contribution in [0.5, 0.6) is 0 Å². The number of hydrogen-bond acceptors (Lipinski definition) is 5. The SMILES string of the molecule is CC(=O)OC1C=CC(OC(C)=O)C2C1C1C3C=CC=CC3C2S1=O. The van der Waals surface area contributed by atoms with E-state index in [1.54, 1.807) is 12.2 Å². The van der Waals surface area contributed by atoms with Crippen molar-refractivity contribution in [3.63, 3.8) is 0 Å². The highest BCUT2D eigenvalue weighted by molar-refractivity contribution is 7.87. The zero-order valence-electron chi connectivity index (χ0n) is 13.5. The molecule has 2 aliphatic carbocycles. The Morgan fingerprint density at radius 2 is 1.21 bits per heavy atom. The second kappa shape index (κ2) is 5.69. The maximum Gasteiger partial charge on any atom is 0.303 e. The molecule has 0 aromatic rings. The lowest BCUT2D eigenvalue weighted by Gasteiger charge is -2.44. The Hall–Kier alpha value is -1.69. The van der Waals surface area contributed by atoms with Crippen LogP contribution in [0.1, 0.15) is 13.8 Å². The number of rotatable bonds is 2. The molecule has 0 aromatic heterocycles. The smallest absolute Gasteiger partial charge is 0.303 e. The summed E-state index contributed by atoms with van der Waals surface area (Å²) >= 11 is 0. The molecule has 5 nitrogen and oxygen atoms in total. The van der Waals surface area contributed by atoms with Crippen molar-refractivity contribution < 1.29 is 23.3 Å². The molecule has 0 radical (unpaired) electrons. The Morgan fingerprint density at radius 1 is 0.792 bits per heavy atom. The largest absolute Gasteiger partial charge is 0.458 e. The fourth-order valence-electron chi connectivity index (χ4n) is 4.96. The topological polar surface area (TPSA) is 69.7 Å². The number of allylic oxidation sites excluding steroid dienone is 4. The number of carbonyl (C=O) groups excluding carboxylic acids is 2. The monoisotopic (exact) mass is 348 g/mol. The number of hydrogen-bond donors (Lipinski definition) is 0. The van der Waals surface area contributed by atoms with E-state index in [2.05, 4.69) is 12.2 Å². The first kappa shape index (κ1) is 15.8. The zero-order chi connectivity index (χ0) is 17.0. The maximum absolute atomic E-state index is 13.1. The standard InChI is InChI=1S/C18H20O5S/c1-9(19)22-13-7-8-14(23-10(2)20)16-15(13)17-11-5-3-4-6-12(11)18(16)24(17)21/h3-8,11-18H,1-2H3. The molecule has 2 bridgehead atoms. The molecule has 0 spiro atoms. The lowest BCUT2D eigenvalue weighted by atomic mass is 9.62. The highest BCUT2D eigenvalue weighted by Gasteiger charge is 2.66. The Balaban J connectivity index is 1.74. The number of fused-ring (bicyclic) bond motifs is 8. The third-order valence-electron chi connectivity index (χ3n) is 5.57. The molecule has 0 aromatic carbocycles. The number of esters is 2. The summed E-state index contributed by atoms with van der Waals surface area (Å²) in [5.41, 5.74) is 0. The molecular weight excluding hydrogens is 328 g/mol. The van der Waals surface area contributed by atoms with E-state index in [4.69, 9.17) is 9.47 Å². The van der Waals surface area contributed by atoms with Crippen LogP contribution in [0, 0.1) is 23.7 Å². The van der Waals surface area contributed by atoms with Gasteiger partial charge in [-0.05, 0) is 24.0 Å². The summed E-state index contributed by atoms with van der Waals surface area (Å²) in [5, 5.41) is -0.142. The average molecular weight is 348 g/mol. The minimum absolute atomic E-state index is 0.0708. The van der Waals surface area contributed by atoms with Crippen molar-refractivity contribution in [3.8, 4) is 0 Å². The van der Waals surface area contributed by atoms with Gasteiger partial charge < -0.3 is 9.47 Å². The van der Waals surface area contributed by atoms with Crippen molar-refractivity contribution >= 4 is 22.7 Å². The molecule has 4 aliphatic rings. The van der Waals surface area contributed by atoms with Gasteiger partial charge in [0.2, 0.25) is 0 Å². The molecule has 0 amide bonds. The molecule has 2 heterocycles. The van der Waals surface area contributed by atoms with Crippen LogP contribution in [0.4, 0.5) is 0 Å². The van der Waals surface area contributed by atoms with Crippen molar-refractivity contribution in [3.05, 3.63) is 36.5 Å². The lowest BCUT2D eigenvalue weighted by molar-refractivity contribution is -0.156. The predicted molar refractivity (Wildman–Crippen MR) is 88.2 cm³/mol. The first-order valence-electron chi connectivity index (χ1n) is 8.26. The van der Waals surface area contributed by atoms with Crippen LogP contribution in [0.2, 0.25) is 0 Å². The van der Waals surface area contributed by atoms with Crippen LogP contribution in [0.15, 0.2) is 36.5 Å². The molecule has 2 fully saturated rings. The van der Waals surface area contributed by atoms with Crippen LogP contribution in [0.25, 0.3) is 0 Å². The van der Waals surface area contributed by atoms with Gasteiger partial charge in [-0.25, -0.2) is 0 Å². The van der Waals surface area contributed by atoms with E-state index < -0.39 is 23.0 Å². The van der Waals surface area contributed by atoms with Gasteiger partial charge in [0.05, 0.1) is 0 Å². The molecule has 0 N–H and O–H groups in total. The Labute approximate surface area is 143 Å². The van der Waals surface area contributed by atoms with Gasteiger partial charge in [-0.1, -0.05) is 24.3 Å². The van der Waals surface area contributed by atoms with Crippen LogP contribution in [-0.4, -0.2) is 38.9 Å². The van der Waals surface area contributed by atoms with Crippen LogP contribution in [0.3, 0.4) is 0 Å². The minimum Gasteiger partial charge on any atom is -0.458 e. The molecule has 24 heavy (non-hydrogen) atoms. The maximum atomic E-state index is 13.1. The van der Waals surface area contributed by atoms with E-state index in [0.717, 1.165) is 0 Å². The quantitative estimate of drug-likeness (QED) is 0.559. The van der Waals surface area contributed by atoms with Crippen molar-refractivity contribution in [1.29, 1.82) is 0 Å². The summed E-state index contributed by atoms with van der Waals surface area (Å²) in [6.45, 7) is 2.77. The van der Waals surface area contributed by atoms with Crippen LogP contribution in [-0.2, 0) is 29.9 Å². The molecule has 0 saturated carbocycles. The van der Waals surface area contributed by atoms with Crippen LogP contribution < -0.4 is 0 Å². The first-order valence-corrected chi connectivity index (χ1v) is 9.54. The van der Waals surface area contributed by atoms with Gasteiger partial charge in [0, 0.05) is 47.0 Å². The average Bonchev–Trinajstić information content (AvgIpc) is 2.98. The molecular formula is C18H20O5S. The van der Waals surface area contributed by atoms with E-state index in [-0.39, 0.29) is 46.1 Å². The van der Waals surface area contributed by atoms with Crippen molar-refractivity contribution in [2.75, 3.05) is 0 Å². The summed E-state index contributed by atoms with van der Waals surface area (Å²) in [6, 6.07) is 0. The van der Waals surface area contributed by atoms with Gasteiger partial charge in [0.25, 0.3) is 0 Å². The highest BCUT2D eigenvalue weighted by Crippen LogP contribution is 2.58. The number of ether oxygens (including phenoxy) is 2. The van der Waals surface area contributed by atoms with Crippen molar-refractivity contribution in [2.24, 2.45) is 23.7 Å². The second-order valence-corrected chi connectivity index (χ2v) is 8.62. The Bertz CT molecular complexity index is 638. The predicted octanol–water partition coefficient (Wildman–Crippen LogP) is 1.52. The molecule has 6 heteroatoms. The molecule has 2 saturated heterocycles. The van der Waals surface area contributed by atoms with Gasteiger partial charge in [0.1, 0.15) is 12.2 Å². The molecule has 8 atom stereocenters. The van der Waals surface area contributed by atoms with Gasteiger partial charge in [-0.2, -0.15) is 0 Å². The van der Waals surface area contributed by atoms with Crippen LogP contribution >= 0.6 is 0 Å². The molecule has 128 valence electrons. The fourth-order valence-corrected chi connectivity index (χ4v) is 7.78. The Kier molecular flexibility index (Phi) is 3.75. The molecule has 4 rings (SSSR count). The van der Waals surface area contributed by atoms with Crippen molar-refractivity contribution in [2.45, 2.75) is 36.6 Å². The van der Waals surface area contributed by atoms with Gasteiger partial charge >= 0.3 is 11.9 Å². The molecule has 8 unspecified atom stereocenters. The van der Waals surface area contributed by atoms with E-state index in [1.165, 1.54) is 13.8 Å². The molecule has 2 aliphatic heterocycles. The number of carbonyl (C=O) groups is 2. The van der Waals surface area contributed by atoms with Gasteiger partial charge in [0.15, 0.2) is 0 Å². The van der Waals surface area contributed by atoms with Gasteiger partial charge in [-0.15, -0.1) is 0 Å². The minimum atomic E-state index is -1.04. The summed E-state index contributed by atoms with van der Waals surface area (Å²) in [6.07, 6.45) is 11.0. The van der Waals surface area contributed by atoms with E-state index in [0.29, 0.717) is 0 Å². The van der Waals surface area contributed by atoms with E-state index in [1.807, 2.05) is 12.2 Å². The highest BCUT2D eigenvalue weighted by atomic mass is 32.2. The third-order valence-corrected chi connectivity index (χ3v) is 7.90. The van der Waals surface area contributed by atoms with Crippen molar-refractivity contribution in [1.82, 2.24) is 0 Å². The summed E-state index contributed by atoms with van der Waals surface area (Å²) < 4.78 is 24.1. The first-order chi connectivity index (χ1) is 11.5. The second-order valence-electron chi connectivity index (χ2n) is 6.87. The summed E-state index contributed by atoms with van der Waals surface area (Å²) in [5.74, 6) is -0.454. The third kappa shape index (κ3) is 2.23. The summed E-state index contributed by atoms with van der Waals surface area (Å²) in [4.78, 5) is 23.0.